The van der Waals surface area contributed by atoms with E-state index in [9.17, 15) is 27.9 Å². The molecule has 39 heavy (non-hydrogen) atoms. The number of carbonyl (C=O) groups excluding carboxylic acids is 2. The van der Waals surface area contributed by atoms with Crippen LogP contribution in [-0.4, -0.2) is 58.5 Å². The summed E-state index contributed by atoms with van der Waals surface area (Å²) in [6.07, 6.45) is 1.74. The van der Waals surface area contributed by atoms with E-state index >= 15 is 0 Å². The van der Waals surface area contributed by atoms with Gasteiger partial charge in [-0.05, 0) is 86.6 Å². The first-order valence-electron chi connectivity index (χ1n) is 13.7. The van der Waals surface area contributed by atoms with Gasteiger partial charge in [-0.3, -0.25) is 19.5 Å². The van der Waals surface area contributed by atoms with Crippen LogP contribution in [0.2, 0.25) is 0 Å². The highest BCUT2D eigenvalue weighted by atomic mass is 19.4. The number of nitrogens with one attached hydrogen (secondary N) is 2. The molecule has 4 unspecified atom stereocenters. The number of pyridine rings is 1. The minimum atomic E-state index is -4.54. The molecule has 210 valence electrons. The first kappa shape index (κ1) is 27.6. The summed E-state index contributed by atoms with van der Waals surface area (Å²) in [6, 6.07) is 8.45. The molecule has 3 aliphatic rings. The predicted octanol–water partition coefficient (Wildman–Crippen LogP) is 3.87. The highest BCUT2D eigenvalue weighted by Crippen LogP contribution is 2.50. The second-order valence-electron chi connectivity index (χ2n) is 11.3. The highest BCUT2D eigenvalue weighted by molar-refractivity contribution is 5.96. The number of nitrogens with zero attached hydrogens (tertiary/aromatic N) is 2. The Labute approximate surface area is 226 Å². The van der Waals surface area contributed by atoms with Crippen molar-refractivity contribution in [3.05, 3.63) is 65.0 Å². The maximum atomic E-state index is 12.9. The molecule has 1 aromatic heterocycles. The molecule has 2 amide bonds. The fourth-order valence-corrected chi connectivity index (χ4v) is 6.85. The Bertz CT molecular complexity index is 1180. The standard InChI is InChI=1S/C29H35F3N4O3/c1-17-5-8-24(33-14-17)27(38)21-11-18-6-7-19(12-21)26(18)36-10-9-23(16-36)35-25(37)15-34-28(39)20-3-2-4-22(13-20)29(30,31)32/h2-5,8,13-14,18-19,21,23,26-27,38H,6-7,9-12,15-16H2,1H3,(H,34,39)(H,35,37). The smallest absolute Gasteiger partial charge is 0.387 e. The van der Waals surface area contributed by atoms with Gasteiger partial charge in [0, 0.05) is 36.9 Å². The second-order valence-corrected chi connectivity index (χ2v) is 11.3. The van der Waals surface area contributed by atoms with Crippen LogP contribution < -0.4 is 10.6 Å². The lowest BCUT2D eigenvalue weighted by atomic mass is 9.74. The molecule has 2 bridgehead atoms. The number of likely N-dealkylation sites (tertiary alicyclic amines) is 1. The van der Waals surface area contributed by atoms with Gasteiger partial charge in [0.1, 0.15) is 0 Å². The van der Waals surface area contributed by atoms with Crippen molar-refractivity contribution >= 4 is 11.8 Å². The third kappa shape index (κ3) is 6.27. The lowest BCUT2D eigenvalue weighted by Gasteiger charge is -2.42. The number of carbonyl (C=O) groups is 2. The molecule has 2 aliphatic carbocycles. The number of benzene rings is 1. The number of hydrogen-bond acceptors (Lipinski definition) is 5. The number of halogens is 3. The monoisotopic (exact) mass is 544 g/mol. The van der Waals surface area contributed by atoms with Gasteiger partial charge in [0.25, 0.3) is 5.91 Å². The van der Waals surface area contributed by atoms with Crippen molar-refractivity contribution in [2.24, 2.45) is 17.8 Å². The van der Waals surface area contributed by atoms with E-state index < -0.39 is 23.8 Å². The van der Waals surface area contributed by atoms with Gasteiger partial charge in [-0.1, -0.05) is 12.1 Å². The van der Waals surface area contributed by atoms with Gasteiger partial charge in [0.15, 0.2) is 0 Å². The first-order valence-corrected chi connectivity index (χ1v) is 13.7. The molecule has 4 atom stereocenters. The van der Waals surface area contributed by atoms with E-state index in [4.69, 9.17) is 0 Å². The summed E-state index contributed by atoms with van der Waals surface area (Å²) in [5, 5.41) is 16.4. The molecule has 1 saturated heterocycles. The van der Waals surface area contributed by atoms with Crippen molar-refractivity contribution in [2.45, 2.75) is 63.4 Å². The van der Waals surface area contributed by atoms with Crippen LogP contribution in [0.15, 0.2) is 42.6 Å². The number of hydrogen-bond donors (Lipinski definition) is 3. The Kier molecular flexibility index (Phi) is 7.96. The quantitative estimate of drug-likeness (QED) is 0.492. The summed E-state index contributed by atoms with van der Waals surface area (Å²) < 4.78 is 38.7. The molecule has 1 aromatic carbocycles. The van der Waals surface area contributed by atoms with Crippen LogP contribution >= 0.6 is 0 Å². The fraction of sp³-hybridized carbons (Fsp3) is 0.552. The van der Waals surface area contributed by atoms with Crippen LogP contribution in [0.3, 0.4) is 0 Å². The van der Waals surface area contributed by atoms with E-state index in [2.05, 4.69) is 20.5 Å². The second kappa shape index (κ2) is 11.3. The SMILES string of the molecule is Cc1ccc(C(O)C2CC3CCC(C2)C3N2CCC(NC(=O)CNC(=O)c3cccc(C(F)(F)F)c3)C2)nc1. The molecular weight excluding hydrogens is 509 g/mol. The molecule has 5 rings (SSSR count). The van der Waals surface area contributed by atoms with E-state index in [0.717, 1.165) is 68.6 Å². The van der Waals surface area contributed by atoms with Gasteiger partial charge in [-0.25, -0.2) is 0 Å². The summed E-state index contributed by atoms with van der Waals surface area (Å²) >= 11 is 0. The minimum absolute atomic E-state index is 0.0394. The molecular formula is C29H35F3N4O3. The van der Waals surface area contributed by atoms with Crippen molar-refractivity contribution in [3.8, 4) is 0 Å². The number of alkyl halides is 3. The van der Waals surface area contributed by atoms with Crippen molar-refractivity contribution in [1.29, 1.82) is 0 Å². The largest absolute Gasteiger partial charge is 0.416 e. The van der Waals surface area contributed by atoms with Crippen LogP contribution in [0.5, 0.6) is 0 Å². The van der Waals surface area contributed by atoms with Crippen molar-refractivity contribution in [1.82, 2.24) is 20.5 Å². The van der Waals surface area contributed by atoms with Crippen molar-refractivity contribution in [3.63, 3.8) is 0 Å². The summed E-state index contributed by atoms with van der Waals surface area (Å²) in [6.45, 7) is 3.30. The molecule has 2 aromatic rings. The fourth-order valence-electron chi connectivity index (χ4n) is 6.85. The zero-order valence-electron chi connectivity index (χ0n) is 22.0. The van der Waals surface area contributed by atoms with Gasteiger partial charge in [-0.15, -0.1) is 0 Å². The highest BCUT2D eigenvalue weighted by Gasteiger charge is 2.48. The van der Waals surface area contributed by atoms with E-state index in [1.54, 1.807) is 6.20 Å². The third-order valence-electron chi connectivity index (χ3n) is 8.64. The average Bonchev–Trinajstić information content (AvgIpc) is 3.47. The zero-order chi connectivity index (χ0) is 27.7. The normalized spacial score (nSPS) is 27.8. The number of rotatable bonds is 7. The number of aliphatic hydroxyl groups excluding tert-OH is 1. The van der Waals surface area contributed by atoms with Gasteiger partial charge in [-0.2, -0.15) is 13.2 Å². The molecule has 1 aliphatic heterocycles. The topological polar surface area (TPSA) is 94.6 Å². The summed E-state index contributed by atoms with van der Waals surface area (Å²) in [5.74, 6) is 0.140. The number of amides is 2. The van der Waals surface area contributed by atoms with Crippen LogP contribution in [-0.2, 0) is 11.0 Å². The predicted molar refractivity (Wildman–Crippen MR) is 139 cm³/mol. The Morgan fingerprint density at radius 3 is 2.54 bits per heavy atom. The van der Waals surface area contributed by atoms with Gasteiger partial charge in [0.2, 0.25) is 5.91 Å². The van der Waals surface area contributed by atoms with Gasteiger partial charge in [0.05, 0.1) is 23.9 Å². The Morgan fingerprint density at radius 1 is 1.13 bits per heavy atom. The average molecular weight is 545 g/mol. The molecule has 3 N–H and O–H groups in total. The molecule has 10 heteroatoms. The van der Waals surface area contributed by atoms with Gasteiger partial charge >= 0.3 is 6.18 Å². The number of aromatic nitrogens is 1. The van der Waals surface area contributed by atoms with E-state index in [1.165, 1.54) is 12.1 Å². The molecule has 0 radical (unpaired) electrons. The maximum absolute atomic E-state index is 12.9. The zero-order valence-corrected chi connectivity index (χ0v) is 22.0. The van der Waals surface area contributed by atoms with E-state index in [0.29, 0.717) is 17.9 Å². The summed E-state index contributed by atoms with van der Waals surface area (Å²) in [7, 11) is 0. The number of aliphatic hydroxyl groups is 1. The summed E-state index contributed by atoms with van der Waals surface area (Å²) in [4.78, 5) is 31.7. The molecule has 2 heterocycles. The lowest BCUT2D eigenvalue weighted by molar-refractivity contribution is -0.137. The third-order valence-corrected chi connectivity index (χ3v) is 8.64. The maximum Gasteiger partial charge on any atom is 0.416 e. The first-order chi connectivity index (χ1) is 18.6. The van der Waals surface area contributed by atoms with Gasteiger partial charge < -0.3 is 15.7 Å². The molecule has 0 spiro atoms. The van der Waals surface area contributed by atoms with Crippen LogP contribution in [0.25, 0.3) is 0 Å². The number of aryl methyl sites for hydroxylation is 1. The Hall–Kier alpha value is -2.98. The van der Waals surface area contributed by atoms with E-state index in [1.807, 2.05) is 19.1 Å². The van der Waals surface area contributed by atoms with Crippen LogP contribution in [0, 0.1) is 24.7 Å². The Balaban J connectivity index is 1.09. The van der Waals surface area contributed by atoms with E-state index in [-0.39, 0.29) is 30.0 Å². The minimum Gasteiger partial charge on any atom is -0.387 e. The summed E-state index contributed by atoms with van der Waals surface area (Å²) in [5.41, 5.74) is 0.769. The molecule has 2 saturated carbocycles. The van der Waals surface area contributed by atoms with Crippen LogP contribution in [0.1, 0.15) is 65.4 Å². The van der Waals surface area contributed by atoms with Crippen molar-refractivity contribution < 1.29 is 27.9 Å². The molecule has 3 fully saturated rings. The number of fused-ring (bicyclic) bond motifs is 2. The van der Waals surface area contributed by atoms with Crippen molar-refractivity contribution in [2.75, 3.05) is 19.6 Å². The molecule has 7 nitrogen and oxygen atoms in total. The Morgan fingerprint density at radius 2 is 1.87 bits per heavy atom. The van der Waals surface area contributed by atoms with Crippen LogP contribution in [0.4, 0.5) is 13.2 Å². The lowest BCUT2D eigenvalue weighted by Crippen LogP contribution is -2.47.